The quantitative estimate of drug-likeness (QED) is 0.201. The van der Waals surface area contributed by atoms with Gasteiger partial charge in [-0.25, -0.2) is 19.3 Å². The van der Waals surface area contributed by atoms with E-state index in [-0.39, 0.29) is 5.69 Å². The molecule has 0 aliphatic heterocycles. The number of likely N-dealkylation sites (N-methyl/N-ethyl adjacent to an activating group) is 1. The zero-order valence-corrected chi connectivity index (χ0v) is 23.8. The number of anilines is 3. The maximum absolute atomic E-state index is 14.2. The van der Waals surface area contributed by atoms with Crippen LogP contribution in [0.4, 0.5) is 21.7 Å². The summed E-state index contributed by atoms with van der Waals surface area (Å²) in [6, 6.07) is 29.1. The summed E-state index contributed by atoms with van der Waals surface area (Å²) < 4.78 is 16.1. The van der Waals surface area contributed by atoms with E-state index in [2.05, 4.69) is 46.7 Å². The molecule has 0 unspecified atom stereocenters. The Morgan fingerprint density at radius 3 is 2.53 bits per heavy atom. The van der Waals surface area contributed by atoms with Crippen molar-refractivity contribution in [1.29, 1.82) is 0 Å². The van der Waals surface area contributed by atoms with E-state index in [1.807, 2.05) is 53.1 Å². The highest BCUT2D eigenvalue weighted by molar-refractivity contribution is 6.05. The van der Waals surface area contributed by atoms with E-state index >= 15 is 0 Å². The molecule has 6 aromatic rings. The van der Waals surface area contributed by atoms with Gasteiger partial charge in [-0.2, -0.15) is 0 Å². The standard InChI is InChI=1S/C34H30FN7O/c1-41(2)21-18-23-13-15-26(16-14-23)37-34-36-19-17-29(39-34)32-31(40-30-12-5-6-20-42(30)32)24-8-7-9-25(22-24)33(43)38-28-11-4-3-10-27(28)35/h3-17,19-20,22H,18,21H2,1-2H3,(H,38,43)(H,36,37,39). The minimum absolute atomic E-state index is 0.121. The number of nitrogens with zero attached hydrogens (tertiary/aromatic N) is 5. The maximum atomic E-state index is 14.2. The molecule has 0 aliphatic carbocycles. The molecule has 0 radical (unpaired) electrons. The molecule has 3 aromatic heterocycles. The third-order valence-electron chi connectivity index (χ3n) is 7.01. The molecule has 1 amide bonds. The molecule has 0 atom stereocenters. The average Bonchev–Trinajstić information content (AvgIpc) is 3.42. The van der Waals surface area contributed by atoms with E-state index in [9.17, 15) is 9.18 Å². The maximum Gasteiger partial charge on any atom is 0.255 e. The molecule has 0 fully saturated rings. The second kappa shape index (κ2) is 12.2. The van der Waals surface area contributed by atoms with Crippen molar-refractivity contribution >= 4 is 28.9 Å². The molecular formula is C34H30FN7O. The lowest BCUT2D eigenvalue weighted by atomic mass is 10.0. The zero-order chi connectivity index (χ0) is 29.8. The molecule has 214 valence electrons. The lowest BCUT2D eigenvalue weighted by Crippen LogP contribution is -2.14. The third kappa shape index (κ3) is 6.27. The summed E-state index contributed by atoms with van der Waals surface area (Å²) in [4.78, 5) is 29.4. The second-order valence-electron chi connectivity index (χ2n) is 10.4. The van der Waals surface area contributed by atoms with Crippen molar-refractivity contribution in [3.8, 4) is 22.6 Å². The third-order valence-corrected chi connectivity index (χ3v) is 7.01. The van der Waals surface area contributed by atoms with Crippen LogP contribution in [0.2, 0.25) is 0 Å². The van der Waals surface area contributed by atoms with Gasteiger partial charge in [-0.05, 0) is 80.7 Å². The molecule has 0 aliphatic rings. The van der Waals surface area contributed by atoms with E-state index < -0.39 is 11.7 Å². The Hall–Kier alpha value is -5.41. The van der Waals surface area contributed by atoms with Gasteiger partial charge in [-0.3, -0.25) is 9.20 Å². The van der Waals surface area contributed by atoms with Crippen molar-refractivity contribution in [3.63, 3.8) is 0 Å². The van der Waals surface area contributed by atoms with E-state index in [1.165, 1.54) is 17.7 Å². The van der Waals surface area contributed by atoms with Crippen LogP contribution in [0, 0.1) is 5.82 Å². The van der Waals surface area contributed by atoms with Crippen molar-refractivity contribution in [1.82, 2.24) is 24.3 Å². The first-order valence-electron chi connectivity index (χ1n) is 13.9. The number of amides is 1. The number of para-hydroxylation sites is 1. The first kappa shape index (κ1) is 27.7. The van der Waals surface area contributed by atoms with Gasteiger partial charge in [0.2, 0.25) is 5.95 Å². The SMILES string of the molecule is CN(C)CCc1ccc(Nc2nccc(-c3c(-c4cccc(C(=O)Nc5ccccc5F)c4)nc4ccccn34)n2)cc1. The number of aromatic nitrogens is 4. The van der Waals surface area contributed by atoms with Gasteiger partial charge in [0.15, 0.2) is 0 Å². The van der Waals surface area contributed by atoms with Gasteiger partial charge in [0.05, 0.1) is 22.8 Å². The molecule has 3 heterocycles. The first-order valence-corrected chi connectivity index (χ1v) is 13.9. The minimum Gasteiger partial charge on any atom is -0.324 e. The highest BCUT2D eigenvalue weighted by Gasteiger charge is 2.19. The lowest BCUT2D eigenvalue weighted by Gasteiger charge is -2.11. The Morgan fingerprint density at radius 2 is 1.72 bits per heavy atom. The number of imidazole rings is 1. The topological polar surface area (TPSA) is 87.5 Å². The van der Waals surface area contributed by atoms with E-state index in [4.69, 9.17) is 9.97 Å². The fraction of sp³-hybridized carbons (Fsp3) is 0.118. The van der Waals surface area contributed by atoms with Gasteiger partial charge in [0, 0.05) is 35.8 Å². The summed E-state index contributed by atoms with van der Waals surface area (Å²) >= 11 is 0. The van der Waals surface area contributed by atoms with Gasteiger partial charge in [0.1, 0.15) is 11.5 Å². The predicted octanol–water partition coefficient (Wildman–Crippen LogP) is 6.70. The van der Waals surface area contributed by atoms with Crippen LogP contribution in [0.5, 0.6) is 0 Å². The van der Waals surface area contributed by atoms with Crippen LogP contribution < -0.4 is 10.6 Å². The number of carbonyl (C=O) groups excluding carboxylic acids is 1. The number of carbonyl (C=O) groups is 1. The van der Waals surface area contributed by atoms with Gasteiger partial charge < -0.3 is 15.5 Å². The number of hydrogen-bond donors (Lipinski definition) is 2. The molecule has 8 nitrogen and oxygen atoms in total. The summed E-state index contributed by atoms with van der Waals surface area (Å²) in [5.41, 5.74) is 6.17. The summed E-state index contributed by atoms with van der Waals surface area (Å²) in [7, 11) is 4.13. The van der Waals surface area contributed by atoms with Gasteiger partial charge >= 0.3 is 0 Å². The van der Waals surface area contributed by atoms with Crippen molar-refractivity contribution in [3.05, 3.63) is 126 Å². The molecule has 2 N–H and O–H groups in total. The van der Waals surface area contributed by atoms with Crippen LogP contribution in [0.25, 0.3) is 28.3 Å². The highest BCUT2D eigenvalue weighted by Crippen LogP contribution is 2.33. The smallest absolute Gasteiger partial charge is 0.255 e. The number of benzene rings is 3. The summed E-state index contributed by atoms with van der Waals surface area (Å²) in [6.45, 7) is 0.985. The fourth-order valence-electron chi connectivity index (χ4n) is 4.79. The van der Waals surface area contributed by atoms with Crippen molar-refractivity contribution in [2.75, 3.05) is 31.3 Å². The number of halogens is 1. The Bertz CT molecular complexity index is 1900. The minimum atomic E-state index is -0.497. The van der Waals surface area contributed by atoms with Crippen molar-refractivity contribution in [2.45, 2.75) is 6.42 Å². The number of fused-ring (bicyclic) bond motifs is 1. The second-order valence-corrected chi connectivity index (χ2v) is 10.4. The molecule has 0 bridgehead atoms. The van der Waals surface area contributed by atoms with Crippen LogP contribution in [0.1, 0.15) is 15.9 Å². The normalized spacial score (nSPS) is 11.2. The molecule has 6 rings (SSSR count). The molecule has 3 aromatic carbocycles. The molecule has 0 spiro atoms. The molecule has 0 saturated heterocycles. The summed E-state index contributed by atoms with van der Waals surface area (Å²) in [5.74, 6) is -0.463. The number of hydrogen-bond acceptors (Lipinski definition) is 6. The Labute approximate surface area is 248 Å². The Kier molecular flexibility index (Phi) is 7.88. The molecule has 0 saturated carbocycles. The highest BCUT2D eigenvalue weighted by atomic mass is 19.1. The van der Waals surface area contributed by atoms with Crippen LogP contribution in [-0.4, -0.2) is 50.8 Å². The monoisotopic (exact) mass is 571 g/mol. The van der Waals surface area contributed by atoms with E-state index in [0.717, 1.165) is 35.6 Å². The number of nitrogens with one attached hydrogen (secondary N) is 2. The zero-order valence-electron chi connectivity index (χ0n) is 23.8. The largest absolute Gasteiger partial charge is 0.324 e. The van der Waals surface area contributed by atoms with E-state index in [1.54, 1.807) is 36.5 Å². The summed E-state index contributed by atoms with van der Waals surface area (Å²) in [6.07, 6.45) is 4.61. The van der Waals surface area contributed by atoms with Gasteiger partial charge in [-0.15, -0.1) is 0 Å². The number of rotatable bonds is 9. The Balaban J connectivity index is 1.32. The first-order chi connectivity index (χ1) is 20.9. The van der Waals surface area contributed by atoms with Crippen LogP contribution in [0.3, 0.4) is 0 Å². The van der Waals surface area contributed by atoms with Crippen molar-refractivity contribution < 1.29 is 9.18 Å². The lowest BCUT2D eigenvalue weighted by molar-refractivity contribution is 0.102. The average molecular weight is 572 g/mol. The predicted molar refractivity (Wildman–Crippen MR) is 168 cm³/mol. The van der Waals surface area contributed by atoms with Crippen LogP contribution in [0.15, 0.2) is 109 Å². The molecule has 9 heteroatoms. The van der Waals surface area contributed by atoms with Crippen LogP contribution >= 0.6 is 0 Å². The fourth-order valence-corrected chi connectivity index (χ4v) is 4.79. The van der Waals surface area contributed by atoms with Crippen LogP contribution in [-0.2, 0) is 6.42 Å². The van der Waals surface area contributed by atoms with Crippen molar-refractivity contribution in [2.24, 2.45) is 0 Å². The van der Waals surface area contributed by atoms with Gasteiger partial charge in [-0.1, -0.05) is 42.5 Å². The number of pyridine rings is 1. The van der Waals surface area contributed by atoms with Gasteiger partial charge in [0.25, 0.3) is 5.91 Å². The molecule has 43 heavy (non-hydrogen) atoms. The summed E-state index contributed by atoms with van der Waals surface area (Å²) in [5, 5.41) is 5.96. The molecular weight excluding hydrogens is 541 g/mol. The van der Waals surface area contributed by atoms with E-state index in [0.29, 0.717) is 22.9 Å². The Morgan fingerprint density at radius 1 is 0.907 bits per heavy atom.